The van der Waals surface area contributed by atoms with Crippen LogP contribution in [0.1, 0.15) is 28.9 Å². The molecule has 5 nitrogen and oxygen atoms in total. The number of hydrogen-bond donors (Lipinski definition) is 2. The Balaban J connectivity index is 1.69. The maximum absolute atomic E-state index is 11.7. The molecule has 3 aromatic rings. The number of imidazole rings is 1. The Hall–Kier alpha value is -3.08. The number of aromatic nitrogens is 2. The third-order valence-electron chi connectivity index (χ3n) is 4.85. The van der Waals surface area contributed by atoms with Crippen molar-refractivity contribution in [3.63, 3.8) is 0 Å². The summed E-state index contributed by atoms with van der Waals surface area (Å²) >= 11 is 0. The molecule has 0 spiro atoms. The van der Waals surface area contributed by atoms with Gasteiger partial charge in [-0.1, -0.05) is 29.8 Å². The SMILES string of the molecule is Cc1ccc(-c2nc(-c3ccc(N4CCCC4)cc3)[nH]c2C(=O)O)cc1. The molecule has 4 rings (SSSR count). The first-order valence-electron chi connectivity index (χ1n) is 8.87. The molecule has 1 fully saturated rings. The highest BCUT2D eigenvalue weighted by atomic mass is 16.4. The molecular formula is C21H21N3O2. The van der Waals surface area contributed by atoms with Crippen LogP contribution in [0.4, 0.5) is 5.69 Å². The van der Waals surface area contributed by atoms with E-state index in [0.717, 1.165) is 29.8 Å². The Labute approximate surface area is 152 Å². The quantitative estimate of drug-likeness (QED) is 0.736. The summed E-state index contributed by atoms with van der Waals surface area (Å²) in [6.07, 6.45) is 2.48. The Morgan fingerprint density at radius 1 is 1.00 bits per heavy atom. The summed E-state index contributed by atoms with van der Waals surface area (Å²) < 4.78 is 0. The van der Waals surface area contributed by atoms with Gasteiger partial charge < -0.3 is 15.0 Å². The monoisotopic (exact) mass is 347 g/mol. The molecule has 0 radical (unpaired) electrons. The van der Waals surface area contributed by atoms with Crippen LogP contribution < -0.4 is 4.90 Å². The second kappa shape index (κ2) is 6.67. The van der Waals surface area contributed by atoms with Gasteiger partial charge in [-0.25, -0.2) is 9.78 Å². The van der Waals surface area contributed by atoms with Crippen LogP contribution >= 0.6 is 0 Å². The number of aromatic amines is 1. The molecule has 2 heterocycles. The van der Waals surface area contributed by atoms with E-state index in [-0.39, 0.29) is 5.69 Å². The molecule has 1 saturated heterocycles. The number of carboxylic acid groups (broad SMARTS) is 1. The maximum Gasteiger partial charge on any atom is 0.354 e. The van der Waals surface area contributed by atoms with E-state index in [4.69, 9.17) is 0 Å². The van der Waals surface area contributed by atoms with Crippen LogP contribution in [0, 0.1) is 6.92 Å². The van der Waals surface area contributed by atoms with Crippen LogP contribution in [-0.2, 0) is 0 Å². The lowest BCUT2D eigenvalue weighted by Crippen LogP contribution is -2.17. The first-order valence-corrected chi connectivity index (χ1v) is 8.87. The third kappa shape index (κ3) is 3.08. The minimum absolute atomic E-state index is 0.118. The largest absolute Gasteiger partial charge is 0.477 e. The van der Waals surface area contributed by atoms with Gasteiger partial charge in [0.25, 0.3) is 0 Å². The average Bonchev–Trinajstić information content (AvgIpc) is 3.33. The Morgan fingerprint density at radius 3 is 2.23 bits per heavy atom. The lowest BCUT2D eigenvalue weighted by atomic mass is 10.1. The standard InChI is InChI=1S/C21H21N3O2/c1-14-4-6-15(7-5-14)18-19(21(25)26)23-20(22-18)16-8-10-17(11-9-16)24-12-2-3-13-24/h4-11H,2-3,12-13H2,1H3,(H,22,23)(H,25,26). The molecule has 2 aromatic carbocycles. The number of aromatic carboxylic acids is 1. The summed E-state index contributed by atoms with van der Waals surface area (Å²) in [7, 11) is 0. The molecule has 132 valence electrons. The molecule has 1 aliphatic heterocycles. The maximum atomic E-state index is 11.7. The normalized spacial score (nSPS) is 14.0. The molecule has 26 heavy (non-hydrogen) atoms. The van der Waals surface area contributed by atoms with Crippen molar-refractivity contribution in [1.82, 2.24) is 9.97 Å². The fraction of sp³-hybridized carbons (Fsp3) is 0.238. The second-order valence-electron chi connectivity index (χ2n) is 6.72. The van der Waals surface area contributed by atoms with Crippen molar-refractivity contribution in [3.8, 4) is 22.6 Å². The van der Waals surface area contributed by atoms with E-state index in [2.05, 4.69) is 27.0 Å². The van der Waals surface area contributed by atoms with Gasteiger partial charge in [-0.3, -0.25) is 0 Å². The minimum atomic E-state index is -1.01. The number of anilines is 1. The number of hydrogen-bond acceptors (Lipinski definition) is 3. The van der Waals surface area contributed by atoms with Crippen molar-refractivity contribution in [2.75, 3.05) is 18.0 Å². The van der Waals surface area contributed by atoms with E-state index in [0.29, 0.717) is 11.5 Å². The molecule has 0 aliphatic carbocycles. The van der Waals surface area contributed by atoms with Gasteiger partial charge in [-0.2, -0.15) is 0 Å². The lowest BCUT2D eigenvalue weighted by molar-refractivity contribution is 0.0692. The summed E-state index contributed by atoms with van der Waals surface area (Å²) in [6.45, 7) is 4.20. The highest BCUT2D eigenvalue weighted by molar-refractivity contribution is 5.94. The summed E-state index contributed by atoms with van der Waals surface area (Å²) in [5.74, 6) is -0.432. The molecule has 0 amide bonds. The van der Waals surface area contributed by atoms with Crippen LogP contribution in [0.5, 0.6) is 0 Å². The van der Waals surface area contributed by atoms with E-state index in [1.807, 2.05) is 43.3 Å². The summed E-state index contributed by atoms with van der Waals surface area (Å²) in [4.78, 5) is 21.6. The van der Waals surface area contributed by atoms with Crippen LogP contribution in [0.3, 0.4) is 0 Å². The third-order valence-corrected chi connectivity index (χ3v) is 4.85. The molecule has 0 saturated carbocycles. The van der Waals surface area contributed by atoms with Crippen molar-refractivity contribution >= 4 is 11.7 Å². The van der Waals surface area contributed by atoms with Gasteiger partial charge in [0.05, 0.1) is 0 Å². The van der Waals surface area contributed by atoms with Gasteiger partial charge in [0.15, 0.2) is 5.69 Å². The average molecular weight is 347 g/mol. The van der Waals surface area contributed by atoms with Crippen LogP contribution in [0.2, 0.25) is 0 Å². The van der Waals surface area contributed by atoms with Crippen LogP contribution in [0.25, 0.3) is 22.6 Å². The number of benzene rings is 2. The van der Waals surface area contributed by atoms with Crippen LogP contribution in [-0.4, -0.2) is 34.1 Å². The zero-order chi connectivity index (χ0) is 18.1. The molecular weight excluding hydrogens is 326 g/mol. The predicted molar refractivity (Wildman–Crippen MR) is 103 cm³/mol. The van der Waals surface area contributed by atoms with E-state index < -0.39 is 5.97 Å². The van der Waals surface area contributed by atoms with E-state index >= 15 is 0 Å². The zero-order valence-electron chi connectivity index (χ0n) is 14.7. The lowest BCUT2D eigenvalue weighted by Gasteiger charge is -2.17. The first-order chi connectivity index (χ1) is 12.6. The number of aryl methyl sites for hydroxylation is 1. The van der Waals surface area contributed by atoms with E-state index in [1.165, 1.54) is 18.5 Å². The molecule has 0 unspecified atom stereocenters. The molecule has 0 atom stereocenters. The van der Waals surface area contributed by atoms with Gasteiger partial charge in [0, 0.05) is 29.9 Å². The van der Waals surface area contributed by atoms with Gasteiger partial charge in [0.1, 0.15) is 11.5 Å². The summed E-state index contributed by atoms with van der Waals surface area (Å²) in [6, 6.07) is 15.9. The Kier molecular flexibility index (Phi) is 4.21. The first kappa shape index (κ1) is 16.4. The molecule has 1 aliphatic rings. The van der Waals surface area contributed by atoms with Gasteiger partial charge in [-0.05, 0) is 44.0 Å². The number of carbonyl (C=O) groups is 1. The van der Waals surface area contributed by atoms with Gasteiger partial charge >= 0.3 is 5.97 Å². The molecule has 5 heteroatoms. The Bertz CT molecular complexity index is 921. The van der Waals surface area contributed by atoms with Crippen molar-refractivity contribution < 1.29 is 9.90 Å². The predicted octanol–water partition coefficient (Wildman–Crippen LogP) is 4.35. The fourth-order valence-electron chi connectivity index (χ4n) is 3.39. The van der Waals surface area contributed by atoms with Crippen molar-refractivity contribution in [1.29, 1.82) is 0 Å². The number of carboxylic acids is 1. The molecule has 1 aromatic heterocycles. The Morgan fingerprint density at radius 2 is 1.62 bits per heavy atom. The molecule has 0 bridgehead atoms. The number of H-pyrrole nitrogens is 1. The topological polar surface area (TPSA) is 69.2 Å². The summed E-state index contributed by atoms with van der Waals surface area (Å²) in [5.41, 5.74) is 4.59. The van der Waals surface area contributed by atoms with Gasteiger partial charge in [-0.15, -0.1) is 0 Å². The highest BCUT2D eigenvalue weighted by Crippen LogP contribution is 2.28. The minimum Gasteiger partial charge on any atom is -0.477 e. The van der Waals surface area contributed by atoms with E-state index in [9.17, 15) is 9.90 Å². The fourth-order valence-corrected chi connectivity index (χ4v) is 3.39. The van der Waals surface area contributed by atoms with Crippen molar-refractivity contribution in [2.45, 2.75) is 19.8 Å². The van der Waals surface area contributed by atoms with Crippen molar-refractivity contribution in [3.05, 3.63) is 59.8 Å². The van der Waals surface area contributed by atoms with Crippen LogP contribution in [0.15, 0.2) is 48.5 Å². The number of rotatable bonds is 4. The smallest absolute Gasteiger partial charge is 0.354 e. The van der Waals surface area contributed by atoms with Crippen molar-refractivity contribution in [2.24, 2.45) is 0 Å². The number of nitrogens with one attached hydrogen (secondary N) is 1. The van der Waals surface area contributed by atoms with E-state index in [1.54, 1.807) is 0 Å². The second-order valence-corrected chi connectivity index (χ2v) is 6.72. The van der Waals surface area contributed by atoms with Gasteiger partial charge in [0.2, 0.25) is 0 Å². The zero-order valence-corrected chi connectivity index (χ0v) is 14.7. The number of nitrogens with zero attached hydrogens (tertiary/aromatic N) is 2. The molecule has 2 N–H and O–H groups in total. The summed E-state index contributed by atoms with van der Waals surface area (Å²) in [5, 5.41) is 9.55. The highest BCUT2D eigenvalue weighted by Gasteiger charge is 2.19.